The van der Waals surface area contributed by atoms with Gasteiger partial charge in [0, 0.05) is 17.7 Å². The fraction of sp³-hybridized carbons (Fsp3) is 0.0588. The van der Waals surface area contributed by atoms with E-state index in [1.807, 2.05) is 0 Å². The Morgan fingerprint density at radius 1 is 1.04 bits per heavy atom. The number of allylic oxidation sites excluding steroid dienone is 2. The molecule has 2 aromatic rings. The first-order valence-electron chi connectivity index (χ1n) is 6.90. The van der Waals surface area contributed by atoms with Crippen molar-refractivity contribution in [2.45, 2.75) is 0 Å². The molecular formula is C17H11NO6. The number of nitro groups is 1. The first-order valence-corrected chi connectivity index (χ1v) is 6.90. The molecule has 1 N–H and O–H groups in total. The zero-order chi connectivity index (χ0) is 17.4. The van der Waals surface area contributed by atoms with Gasteiger partial charge in [0.2, 0.25) is 5.78 Å². The first-order chi connectivity index (χ1) is 11.5. The van der Waals surface area contributed by atoms with Crippen molar-refractivity contribution in [1.29, 1.82) is 0 Å². The number of Topliss-reactive ketones (excluding diaryl/α,β-unsaturated/α-hetero) is 2. The molecule has 0 radical (unpaired) electrons. The molecule has 7 heteroatoms. The lowest BCUT2D eigenvalue weighted by molar-refractivity contribution is -0.384. The van der Waals surface area contributed by atoms with E-state index < -0.39 is 16.5 Å². The van der Waals surface area contributed by atoms with Crippen molar-refractivity contribution < 1.29 is 24.4 Å². The summed E-state index contributed by atoms with van der Waals surface area (Å²) in [4.78, 5) is 35.5. The number of rotatable bonds is 3. The van der Waals surface area contributed by atoms with E-state index in [1.54, 1.807) is 0 Å². The highest BCUT2D eigenvalue weighted by molar-refractivity contribution is 6.40. The van der Waals surface area contributed by atoms with Gasteiger partial charge in [-0.3, -0.25) is 19.7 Å². The topological polar surface area (TPSA) is 107 Å². The number of ketones is 2. The van der Waals surface area contributed by atoms with E-state index in [4.69, 9.17) is 4.74 Å². The first kappa shape index (κ1) is 15.4. The van der Waals surface area contributed by atoms with E-state index in [1.165, 1.54) is 49.6 Å². The predicted molar refractivity (Wildman–Crippen MR) is 83.8 cm³/mol. The number of nitrogens with zero attached hydrogens (tertiary/aromatic N) is 1. The van der Waals surface area contributed by atoms with Crippen LogP contribution in [0.4, 0.5) is 5.69 Å². The van der Waals surface area contributed by atoms with Gasteiger partial charge in [-0.1, -0.05) is 12.1 Å². The molecule has 0 aliphatic heterocycles. The van der Waals surface area contributed by atoms with Crippen molar-refractivity contribution in [2.75, 3.05) is 7.11 Å². The van der Waals surface area contributed by atoms with Gasteiger partial charge in [-0.2, -0.15) is 0 Å². The summed E-state index contributed by atoms with van der Waals surface area (Å²) in [5.74, 6) is -1.62. The Hall–Kier alpha value is -3.48. The minimum atomic E-state index is -0.612. The van der Waals surface area contributed by atoms with Gasteiger partial charge in [0.25, 0.3) is 5.69 Å². The highest BCUT2D eigenvalue weighted by Crippen LogP contribution is 2.36. The molecule has 7 nitrogen and oxygen atoms in total. The van der Waals surface area contributed by atoms with Crippen LogP contribution < -0.4 is 0 Å². The summed E-state index contributed by atoms with van der Waals surface area (Å²) >= 11 is 0. The SMILES string of the molecule is COC1=C(c2ccc([N+](=O)[O-])cc2)C(=O)c2cccc(O)c2C1=O. The van der Waals surface area contributed by atoms with Crippen LogP contribution in [0.1, 0.15) is 26.3 Å². The number of phenols is 1. The summed E-state index contributed by atoms with van der Waals surface area (Å²) in [7, 11) is 1.25. The molecular weight excluding hydrogens is 314 g/mol. The maximum Gasteiger partial charge on any atom is 0.269 e. The number of phenolic OH excluding ortho intramolecular Hbond substituents is 1. The maximum atomic E-state index is 12.8. The molecule has 3 rings (SSSR count). The lowest BCUT2D eigenvalue weighted by Gasteiger charge is -2.20. The number of benzene rings is 2. The lowest BCUT2D eigenvalue weighted by Crippen LogP contribution is -2.22. The number of fused-ring (bicyclic) bond motifs is 1. The Balaban J connectivity index is 2.21. The van der Waals surface area contributed by atoms with Crippen LogP contribution >= 0.6 is 0 Å². The van der Waals surface area contributed by atoms with E-state index in [-0.39, 0.29) is 33.9 Å². The number of hydrogen-bond acceptors (Lipinski definition) is 6. The van der Waals surface area contributed by atoms with Gasteiger partial charge in [0.1, 0.15) is 5.75 Å². The van der Waals surface area contributed by atoms with Gasteiger partial charge in [-0.05, 0) is 23.8 Å². The molecule has 0 atom stereocenters. The summed E-state index contributed by atoms with van der Waals surface area (Å²) in [6.07, 6.45) is 0. The summed E-state index contributed by atoms with van der Waals surface area (Å²) in [6, 6.07) is 9.46. The van der Waals surface area contributed by atoms with Crippen LogP contribution in [0, 0.1) is 10.1 Å². The molecule has 1 aliphatic carbocycles. The Bertz CT molecular complexity index is 911. The van der Waals surface area contributed by atoms with Crippen molar-refractivity contribution in [3.63, 3.8) is 0 Å². The van der Waals surface area contributed by atoms with Gasteiger partial charge in [-0.15, -0.1) is 0 Å². The van der Waals surface area contributed by atoms with Crippen LogP contribution in [-0.2, 0) is 4.74 Å². The molecule has 0 spiro atoms. The number of carbonyl (C=O) groups excluding carboxylic acids is 2. The average Bonchev–Trinajstić information content (AvgIpc) is 2.57. The number of non-ortho nitro benzene ring substituents is 1. The number of ether oxygens (including phenoxy) is 1. The summed E-state index contributed by atoms with van der Waals surface area (Å²) in [5.41, 5.74) is 0.158. The smallest absolute Gasteiger partial charge is 0.269 e. The highest BCUT2D eigenvalue weighted by Gasteiger charge is 2.36. The quantitative estimate of drug-likeness (QED) is 0.687. The average molecular weight is 325 g/mol. The van der Waals surface area contributed by atoms with E-state index in [0.29, 0.717) is 5.56 Å². The molecule has 0 amide bonds. The van der Waals surface area contributed by atoms with Crippen LogP contribution in [0.2, 0.25) is 0 Å². The lowest BCUT2D eigenvalue weighted by atomic mass is 9.84. The zero-order valence-corrected chi connectivity index (χ0v) is 12.5. The third-order valence-corrected chi connectivity index (χ3v) is 3.75. The molecule has 0 unspecified atom stereocenters. The fourth-order valence-corrected chi connectivity index (χ4v) is 2.64. The standard InChI is InChI=1S/C17H11NO6/c1-24-17-13(9-5-7-10(8-6-9)18(22)23)15(20)11-3-2-4-12(19)14(11)16(17)21/h2-8,19H,1H3. The van der Waals surface area contributed by atoms with Gasteiger partial charge in [0.15, 0.2) is 11.5 Å². The second-order valence-corrected chi connectivity index (χ2v) is 5.07. The van der Waals surface area contributed by atoms with Crippen LogP contribution in [0.25, 0.3) is 5.57 Å². The minimum absolute atomic E-state index is 0.00972. The van der Waals surface area contributed by atoms with Crippen molar-refractivity contribution in [2.24, 2.45) is 0 Å². The normalized spacial score (nSPS) is 13.7. The molecule has 0 bridgehead atoms. The number of methoxy groups -OCH3 is 1. The Kier molecular flexibility index (Phi) is 3.61. The Labute approximate surface area is 136 Å². The second-order valence-electron chi connectivity index (χ2n) is 5.07. The Morgan fingerprint density at radius 3 is 2.29 bits per heavy atom. The molecule has 0 heterocycles. The summed E-state index contributed by atoms with van der Waals surface area (Å²) in [5, 5.41) is 20.6. The molecule has 0 fully saturated rings. The van der Waals surface area contributed by atoms with Crippen molar-refractivity contribution >= 4 is 22.8 Å². The monoisotopic (exact) mass is 325 g/mol. The van der Waals surface area contributed by atoms with Crippen LogP contribution in [0.15, 0.2) is 48.2 Å². The number of nitro benzene ring substituents is 1. The van der Waals surface area contributed by atoms with Crippen molar-refractivity contribution in [3.8, 4) is 5.75 Å². The number of hydrogen-bond donors (Lipinski definition) is 1. The van der Waals surface area contributed by atoms with Crippen molar-refractivity contribution in [3.05, 3.63) is 75.0 Å². The highest BCUT2D eigenvalue weighted by atomic mass is 16.6. The minimum Gasteiger partial charge on any atom is -0.507 e. The molecule has 120 valence electrons. The maximum absolute atomic E-state index is 12.8. The van der Waals surface area contributed by atoms with Gasteiger partial charge in [0.05, 0.1) is 23.2 Å². The van der Waals surface area contributed by atoms with E-state index in [0.717, 1.165) is 0 Å². The third kappa shape index (κ3) is 2.23. The van der Waals surface area contributed by atoms with Crippen LogP contribution in [0.3, 0.4) is 0 Å². The Morgan fingerprint density at radius 2 is 1.71 bits per heavy atom. The molecule has 2 aromatic carbocycles. The van der Waals surface area contributed by atoms with E-state index in [9.17, 15) is 24.8 Å². The fourth-order valence-electron chi connectivity index (χ4n) is 2.64. The van der Waals surface area contributed by atoms with E-state index in [2.05, 4.69) is 0 Å². The molecule has 24 heavy (non-hydrogen) atoms. The van der Waals surface area contributed by atoms with Crippen molar-refractivity contribution in [1.82, 2.24) is 0 Å². The largest absolute Gasteiger partial charge is 0.507 e. The number of carbonyl (C=O) groups is 2. The van der Waals surface area contributed by atoms with Crippen LogP contribution in [-0.4, -0.2) is 28.7 Å². The molecule has 1 aliphatic rings. The van der Waals surface area contributed by atoms with E-state index >= 15 is 0 Å². The predicted octanol–water partition coefficient (Wildman–Crippen LogP) is 2.74. The summed E-state index contributed by atoms with van der Waals surface area (Å²) in [6.45, 7) is 0. The molecule has 0 saturated carbocycles. The number of aromatic hydroxyl groups is 1. The molecule has 0 saturated heterocycles. The third-order valence-electron chi connectivity index (χ3n) is 3.75. The van der Waals surface area contributed by atoms with Crippen LogP contribution in [0.5, 0.6) is 5.75 Å². The van der Waals surface area contributed by atoms with Gasteiger partial charge >= 0.3 is 0 Å². The molecule has 0 aromatic heterocycles. The second kappa shape index (κ2) is 5.62. The summed E-state index contributed by atoms with van der Waals surface area (Å²) < 4.78 is 5.09. The zero-order valence-electron chi connectivity index (χ0n) is 12.5. The van der Waals surface area contributed by atoms with Gasteiger partial charge in [-0.25, -0.2) is 0 Å². The van der Waals surface area contributed by atoms with Gasteiger partial charge < -0.3 is 9.84 Å².